The molecule has 0 aromatic carbocycles. The first-order valence-electron chi connectivity index (χ1n) is 6.75. The van der Waals surface area contributed by atoms with Crippen LogP contribution in [0.25, 0.3) is 0 Å². The van der Waals surface area contributed by atoms with E-state index < -0.39 is 0 Å². The molecule has 1 fully saturated rings. The van der Waals surface area contributed by atoms with E-state index in [1.165, 1.54) is 0 Å². The molecule has 1 aliphatic heterocycles. The van der Waals surface area contributed by atoms with Crippen LogP contribution in [-0.2, 0) is 6.61 Å². The Hall–Kier alpha value is -1.13. The Bertz CT molecular complexity index is 383. The van der Waals surface area contributed by atoms with Gasteiger partial charge in [0.1, 0.15) is 0 Å². The smallest absolute Gasteiger partial charge is 0.0703 e. The van der Waals surface area contributed by atoms with Gasteiger partial charge in [0.05, 0.1) is 18.5 Å². The molecule has 1 aliphatic rings. The van der Waals surface area contributed by atoms with Crippen molar-refractivity contribution in [2.45, 2.75) is 32.4 Å². The monoisotopic (exact) mass is 249 g/mol. The first kappa shape index (κ1) is 13.3. The quantitative estimate of drug-likeness (QED) is 0.881. The fourth-order valence-corrected chi connectivity index (χ4v) is 2.72. The van der Waals surface area contributed by atoms with Crippen LogP contribution in [0.15, 0.2) is 18.5 Å². The van der Waals surface area contributed by atoms with E-state index in [-0.39, 0.29) is 6.61 Å². The molecule has 0 radical (unpaired) electrons. The fraction of sp³-hybridized carbons (Fsp3) is 0.643. The molecule has 0 amide bonds. The summed E-state index contributed by atoms with van der Waals surface area (Å²) in [6.45, 7) is 5.58. The molecule has 1 aromatic rings. The van der Waals surface area contributed by atoms with Gasteiger partial charge in [0.15, 0.2) is 0 Å². The molecule has 4 nitrogen and oxygen atoms in total. The Morgan fingerprint density at radius 1 is 1.44 bits per heavy atom. The minimum absolute atomic E-state index is 0.0840. The van der Waals surface area contributed by atoms with Crippen LogP contribution in [0.3, 0.4) is 0 Å². The normalized spacial score (nSPS) is 21.9. The summed E-state index contributed by atoms with van der Waals surface area (Å²) in [7, 11) is 2.18. The van der Waals surface area contributed by atoms with E-state index in [0.29, 0.717) is 6.04 Å². The van der Waals surface area contributed by atoms with Gasteiger partial charge < -0.3 is 14.9 Å². The zero-order valence-corrected chi connectivity index (χ0v) is 11.3. The standard InChI is InChI=1S/C14H23N3O/c1-3-13-10-16(2)7-4-8-17(13)14-9-15-6-5-12(14)11-18/h5-6,9,13,18H,3-4,7-8,10-11H2,1-2H3. The fourth-order valence-electron chi connectivity index (χ4n) is 2.72. The van der Waals surface area contributed by atoms with Gasteiger partial charge in [-0.25, -0.2) is 0 Å². The lowest BCUT2D eigenvalue weighted by Crippen LogP contribution is -2.40. The Kier molecular flexibility index (Phi) is 4.55. The van der Waals surface area contributed by atoms with E-state index in [9.17, 15) is 5.11 Å². The Morgan fingerprint density at radius 3 is 3.00 bits per heavy atom. The number of pyridine rings is 1. The lowest BCUT2D eigenvalue weighted by atomic mass is 10.1. The first-order chi connectivity index (χ1) is 8.76. The van der Waals surface area contributed by atoms with Crippen LogP contribution in [0.4, 0.5) is 5.69 Å². The second-order valence-corrected chi connectivity index (χ2v) is 5.03. The minimum atomic E-state index is 0.0840. The van der Waals surface area contributed by atoms with Crippen LogP contribution in [0.1, 0.15) is 25.3 Å². The average molecular weight is 249 g/mol. The zero-order chi connectivity index (χ0) is 13.0. The van der Waals surface area contributed by atoms with Crippen molar-refractivity contribution < 1.29 is 5.11 Å². The largest absolute Gasteiger partial charge is 0.392 e. The summed E-state index contributed by atoms with van der Waals surface area (Å²) in [6, 6.07) is 2.42. The van der Waals surface area contributed by atoms with Crippen molar-refractivity contribution in [1.82, 2.24) is 9.88 Å². The molecule has 2 rings (SSSR count). The van der Waals surface area contributed by atoms with Gasteiger partial charge >= 0.3 is 0 Å². The van der Waals surface area contributed by atoms with Crippen LogP contribution in [0.2, 0.25) is 0 Å². The van der Waals surface area contributed by atoms with Crippen LogP contribution in [0, 0.1) is 0 Å². The zero-order valence-electron chi connectivity index (χ0n) is 11.3. The van der Waals surface area contributed by atoms with Crippen molar-refractivity contribution in [3.8, 4) is 0 Å². The molecule has 0 aliphatic carbocycles. The predicted molar refractivity (Wildman–Crippen MR) is 73.7 cm³/mol. The van der Waals surface area contributed by atoms with Crippen molar-refractivity contribution in [3.05, 3.63) is 24.0 Å². The molecule has 1 saturated heterocycles. The van der Waals surface area contributed by atoms with Crippen molar-refractivity contribution in [2.75, 3.05) is 31.6 Å². The van der Waals surface area contributed by atoms with Gasteiger partial charge in [-0.3, -0.25) is 4.98 Å². The van der Waals surface area contributed by atoms with Gasteiger partial charge in [-0.2, -0.15) is 0 Å². The number of aromatic nitrogens is 1. The SMILES string of the molecule is CCC1CN(C)CCCN1c1cnccc1CO. The summed E-state index contributed by atoms with van der Waals surface area (Å²) in [5, 5.41) is 9.47. The Labute approximate surface area is 109 Å². The average Bonchev–Trinajstić information content (AvgIpc) is 2.60. The first-order valence-corrected chi connectivity index (χ1v) is 6.75. The number of aliphatic hydroxyl groups is 1. The van der Waals surface area contributed by atoms with Gasteiger partial charge in [0.25, 0.3) is 0 Å². The number of anilines is 1. The van der Waals surface area contributed by atoms with Gasteiger partial charge in [-0.15, -0.1) is 0 Å². The second-order valence-electron chi connectivity index (χ2n) is 5.03. The molecular weight excluding hydrogens is 226 g/mol. The topological polar surface area (TPSA) is 39.6 Å². The number of nitrogens with zero attached hydrogens (tertiary/aromatic N) is 3. The van der Waals surface area contributed by atoms with E-state index >= 15 is 0 Å². The molecule has 1 unspecified atom stereocenters. The third-order valence-electron chi connectivity index (χ3n) is 3.74. The van der Waals surface area contributed by atoms with Gasteiger partial charge in [-0.1, -0.05) is 6.92 Å². The predicted octanol–water partition coefficient (Wildman–Crippen LogP) is 1.49. The van der Waals surface area contributed by atoms with Crippen LogP contribution in [-0.4, -0.2) is 47.7 Å². The number of hydrogen-bond donors (Lipinski definition) is 1. The Morgan fingerprint density at radius 2 is 2.28 bits per heavy atom. The molecule has 2 heterocycles. The summed E-state index contributed by atoms with van der Waals surface area (Å²) >= 11 is 0. The maximum atomic E-state index is 9.47. The molecule has 100 valence electrons. The third kappa shape index (κ3) is 2.82. The number of likely N-dealkylation sites (N-methyl/N-ethyl adjacent to an activating group) is 1. The molecule has 18 heavy (non-hydrogen) atoms. The maximum Gasteiger partial charge on any atom is 0.0703 e. The maximum absolute atomic E-state index is 9.47. The molecule has 1 aromatic heterocycles. The summed E-state index contributed by atoms with van der Waals surface area (Å²) in [5.41, 5.74) is 2.08. The summed E-state index contributed by atoms with van der Waals surface area (Å²) in [5.74, 6) is 0. The molecule has 4 heteroatoms. The summed E-state index contributed by atoms with van der Waals surface area (Å²) < 4.78 is 0. The highest BCUT2D eigenvalue weighted by molar-refractivity contribution is 5.52. The van der Waals surface area contributed by atoms with E-state index in [1.54, 1.807) is 6.20 Å². The van der Waals surface area contributed by atoms with Crippen LogP contribution >= 0.6 is 0 Å². The lowest BCUT2D eigenvalue weighted by molar-refractivity contribution is 0.281. The summed E-state index contributed by atoms with van der Waals surface area (Å²) in [6.07, 6.45) is 5.91. The van der Waals surface area contributed by atoms with Crippen molar-refractivity contribution in [2.24, 2.45) is 0 Å². The summed E-state index contributed by atoms with van der Waals surface area (Å²) in [4.78, 5) is 9.03. The molecule has 0 spiro atoms. The number of aliphatic hydroxyl groups excluding tert-OH is 1. The minimum Gasteiger partial charge on any atom is -0.392 e. The molecule has 1 atom stereocenters. The van der Waals surface area contributed by atoms with E-state index in [0.717, 1.165) is 43.7 Å². The van der Waals surface area contributed by atoms with Crippen LogP contribution in [0.5, 0.6) is 0 Å². The number of hydrogen-bond acceptors (Lipinski definition) is 4. The molecule has 0 saturated carbocycles. The molecule has 1 N–H and O–H groups in total. The highest BCUT2D eigenvalue weighted by Crippen LogP contribution is 2.25. The second kappa shape index (κ2) is 6.16. The van der Waals surface area contributed by atoms with E-state index in [4.69, 9.17) is 0 Å². The van der Waals surface area contributed by atoms with E-state index in [2.05, 4.69) is 28.8 Å². The van der Waals surface area contributed by atoms with Crippen molar-refractivity contribution in [1.29, 1.82) is 0 Å². The van der Waals surface area contributed by atoms with Crippen molar-refractivity contribution >= 4 is 5.69 Å². The third-order valence-corrected chi connectivity index (χ3v) is 3.74. The van der Waals surface area contributed by atoms with Crippen LogP contribution < -0.4 is 4.90 Å². The number of rotatable bonds is 3. The van der Waals surface area contributed by atoms with Gasteiger partial charge in [-0.05, 0) is 32.5 Å². The van der Waals surface area contributed by atoms with Gasteiger partial charge in [0.2, 0.25) is 0 Å². The highest BCUT2D eigenvalue weighted by atomic mass is 16.3. The Balaban J connectivity index is 2.28. The molecular formula is C14H23N3O. The van der Waals surface area contributed by atoms with Crippen molar-refractivity contribution in [3.63, 3.8) is 0 Å². The van der Waals surface area contributed by atoms with E-state index in [1.807, 2.05) is 12.3 Å². The lowest BCUT2D eigenvalue weighted by Gasteiger charge is -2.33. The molecule has 0 bridgehead atoms. The highest BCUT2D eigenvalue weighted by Gasteiger charge is 2.23. The van der Waals surface area contributed by atoms with Gasteiger partial charge in [0, 0.05) is 30.9 Å².